The normalized spacial score (nSPS) is 10.5. The standard InChI is InChI=1S/C13H13F2N3O/c1-8-5-9(2)18(17-8)7-13(19)16-12-4-3-10(14)6-11(12)15/h3-6H,7H2,1-2H3,(H,16,19). The Labute approximate surface area is 109 Å². The van der Waals surface area contributed by atoms with Crippen molar-refractivity contribution in [2.75, 3.05) is 5.32 Å². The van der Waals surface area contributed by atoms with Crippen molar-refractivity contribution in [3.63, 3.8) is 0 Å². The Bertz CT molecular complexity index is 622. The lowest BCUT2D eigenvalue weighted by molar-refractivity contribution is -0.117. The van der Waals surface area contributed by atoms with E-state index in [0.717, 1.165) is 23.5 Å². The molecule has 1 amide bonds. The molecule has 100 valence electrons. The molecule has 6 heteroatoms. The molecular formula is C13H13F2N3O. The SMILES string of the molecule is Cc1cc(C)n(CC(=O)Nc2ccc(F)cc2F)n1. The van der Waals surface area contributed by atoms with Crippen LogP contribution in [0.3, 0.4) is 0 Å². The number of amides is 1. The van der Waals surface area contributed by atoms with E-state index in [1.54, 1.807) is 0 Å². The second-order valence-electron chi connectivity index (χ2n) is 4.26. The molecule has 0 fully saturated rings. The summed E-state index contributed by atoms with van der Waals surface area (Å²) in [5.74, 6) is -1.91. The highest BCUT2D eigenvalue weighted by Gasteiger charge is 2.10. The molecule has 19 heavy (non-hydrogen) atoms. The van der Waals surface area contributed by atoms with Gasteiger partial charge in [-0.2, -0.15) is 5.10 Å². The number of carbonyl (C=O) groups excluding carboxylic acids is 1. The predicted molar refractivity (Wildman–Crippen MR) is 66.7 cm³/mol. The Morgan fingerprint density at radius 2 is 2.05 bits per heavy atom. The lowest BCUT2D eigenvalue weighted by atomic mass is 10.3. The summed E-state index contributed by atoms with van der Waals surface area (Å²) in [4.78, 5) is 11.7. The van der Waals surface area contributed by atoms with E-state index in [1.807, 2.05) is 19.9 Å². The van der Waals surface area contributed by atoms with Gasteiger partial charge in [-0.15, -0.1) is 0 Å². The van der Waals surface area contributed by atoms with Gasteiger partial charge in [0.05, 0.1) is 11.4 Å². The molecule has 0 atom stereocenters. The van der Waals surface area contributed by atoms with E-state index in [4.69, 9.17) is 0 Å². The topological polar surface area (TPSA) is 46.9 Å². The zero-order valence-electron chi connectivity index (χ0n) is 10.6. The minimum atomic E-state index is -0.804. The fourth-order valence-corrected chi connectivity index (χ4v) is 1.75. The van der Waals surface area contributed by atoms with Crippen molar-refractivity contribution in [1.82, 2.24) is 9.78 Å². The molecule has 2 rings (SSSR count). The van der Waals surface area contributed by atoms with Gasteiger partial charge in [0, 0.05) is 11.8 Å². The summed E-state index contributed by atoms with van der Waals surface area (Å²) in [6.45, 7) is 3.63. The first-order valence-corrected chi connectivity index (χ1v) is 5.71. The van der Waals surface area contributed by atoms with Crippen LogP contribution in [-0.4, -0.2) is 15.7 Å². The fraction of sp³-hybridized carbons (Fsp3) is 0.231. The number of anilines is 1. The first-order chi connectivity index (χ1) is 8.95. The third-order valence-corrected chi connectivity index (χ3v) is 2.60. The van der Waals surface area contributed by atoms with Crippen LogP contribution in [0.1, 0.15) is 11.4 Å². The number of rotatable bonds is 3. The molecule has 0 aliphatic carbocycles. The number of nitrogens with zero attached hydrogens (tertiary/aromatic N) is 2. The fourth-order valence-electron chi connectivity index (χ4n) is 1.75. The van der Waals surface area contributed by atoms with Crippen molar-refractivity contribution in [1.29, 1.82) is 0 Å². The van der Waals surface area contributed by atoms with E-state index >= 15 is 0 Å². The van der Waals surface area contributed by atoms with Crippen molar-refractivity contribution in [3.05, 3.63) is 47.3 Å². The quantitative estimate of drug-likeness (QED) is 0.926. The van der Waals surface area contributed by atoms with Crippen molar-refractivity contribution in [2.24, 2.45) is 0 Å². The number of carbonyl (C=O) groups is 1. The van der Waals surface area contributed by atoms with Crippen LogP contribution in [0.2, 0.25) is 0 Å². The Kier molecular flexibility index (Phi) is 3.59. The summed E-state index contributed by atoms with van der Waals surface area (Å²) in [6, 6.07) is 4.83. The summed E-state index contributed by atoms with van der Waals surface area (Å²) in [7, 11) is 0. The average Bonchev–Trinajstić information content (AvgIpc) is 2.61. The number of aryl methyl sites for hydroxylation is 2. The average molecular weight is 265 g/mol. The van der Waals surface area contributed by atoms with Crippen molar-refractivity contribution < 1.29 is 13.6 Å². The highest BCUT2D eigenvalue weighted by Crippen LogP contribution is 2.15. The number of nitrogens with one attached hydrogen (secondary N) is 1. The van der Waals surface area contributed by atoms with E-state index in [2.05, 4.69) is 10.4 Å². The maximum Gasteiger partial charge on any atom is 0.246 e. The van der Waals surface area contributed by atoms with Gasteiger partial charge in [0.1, 0.15) is 18.2 Å². The Morgan fingerprint density at radius 3 is 2.63 bits per heavy atom. The van der Waals surface area contributed by atoms with Gasteiger partial charge in [-0.3, -0.25) is 9.48 Å². The molecule has 1 aromatic heterocycles. The van der Waals surface area contributed by atoms with Gasteiger partial charge in [-0.05, 0) is 32.0 Å². The van der Waals surface area contributed by atoms with E-state index in [-0.39, 0.29) is 12.2 Å². The van der Waals surface area contributed by atoms with Crippen molar-refractivity contribution >= 4 is 11.6 Å². The van der Waals surface area contributed by atoms with Gasteiger partial charge in [-0.1, -0.05) is 0 Å². The number of benzene rings is 1. The van der Waals surface area contributed by atoms with Crippen LogP contribution in [0.5, 0.6) is 0 Å². The van der Waals surface area contributed by atoms with Crippen molar-refractivity contribution in [2.45, 2.75) is 20.4 Å². The first-order valence-electron chi connectivity index (χ1n) is 5.71. The summed E-state index contributed by atoms with van der Waals surface area (Å²) in [6.07, 6.45) is 0. The van der Waals surface area contributed by atoms with Gasteiger partial charge < -0.3 is 5.32 Å². The molecule has 0 radical (unpaired) electrons. The summed E-state index contributed by atoms with van der Waals surface area (Å²) >= 11 is 0. The zero-order valence-corrected chi connectivity index (χ0v) is 10.6. The molecule has 2 aromatic rings. The molecule has 4 nitrogen and oxygen atoms in total. The monoisotopic (exact) mass is 265 g/mol. The summed E-state index contributed by atoms with van der Waals surface area (Å²) in [5, 5.41) is 6.51. The Morgan fingerprint density at radius 1 is 1.32 bits per heavy atom. The molecule has 0 spiro atoms. The van der Waals surface area contributed by atoms with Gasteiger partial charge in [0.2, 0.25) is 5.91 Å². The number of hydrogen-bond donors (Lipinski definition) is 1. The highest BCUT2D eigenvalue weighted by molar-refractivity contribution is 5.90. The van der Waals surface area contributed by atoms with Gasteiger partial charge >= 0.3 is 0 Å². The summed E-state index contributed by atoms with van der Waals surface area (Å²) < 4.78 is 27.6. The van der Waals surface area contributed by atoms with E-state index in [1.165, 1.54) is 10.7 Å². The van der Waals surface area contributed by atoms with E-state index in [0.29, 0.717) is 0 Å². The number of hydrogen-bond acceptors (Lipinski definition) is 2. The highest BCUT2D eigenvalue weighted by atomic mass is 19.1. The minimum Gasteiger partial charge on any atom is -0.322 e. The van der Waals surface area contributed by atoms with Crippen LogP contribution >= 0.6 is 0 Å². The smallest absolute Gasteiger partial charge is 0.246 e. The van der Waals surface area contributed by atoms with Crippen LogP contribution in [-0.2, 0) is 11.3 Å². The molecular weight excluding hydrogens is 252 g/mol. The second kappa shape index (κ2) is 5.17. The lowest BCUT2D eigenvalue weighted by Gasteiger charge is -2.07. The van der Waals surface area contributed by atoms with Crippen LogP contribution in [0.4, 0.5) is 14.5 Å². The van der Waals surface area contributed by atoms with E-state index < -0.39 is 17.5 Å². The lowest BCUT2D eigenvalue weighted by Crippen LogP contribution is -2.20. The van der Waals surface area contributed by atoms with Gasteiger partial charge in [0.15, 0.2) is 0 Å². The molecule has 1 heterocycles. The maximum absolute atomic E-state index is 13.4. The van der Waals surface area contributed by atoms with Crippen LogP contribution in [0.25, 0.3) is 0 Å². The molecule has 0 saturated carbocycles. The van der Waals surface area contributed by atoms with Gasteiger partial charge in [0.25, 0.3) is 0 Å². The van der Waals surface area contributed by atoms with Crippen LogP contribution in [0.15, 0.2) is 24.3 Å². The molecule has 0 bridgehead atoms. The maximum atomic E-state index is 13.4. The number of aromatic nitrogens is 2. The van der Waals surface area contributed by atoms with E-state index in [9.17, 15) is 13.6 Å². The Hall–Kier alpha value is -2.24. The summed E-state index contributed by atoms with van der Waals surface area (Å²) in [5.41, 5.74) is 1.60. The molecule has 0 aliphatic heterocycles. The van der Waals surface area contributed by atoms with Crippen molar-refractivity contribution in [3.8, 4) is 0 Å². The minimum absolute atomic E-state index is 0.0174. The predicted octanol–water partition coefficient (Wildman–Crippen LogP) is 2.42. The first kappa shape index (κ1) is 13.2. The van der Waals surface area contributed by atoms with Crippen LogP contribution in [0, 0.1) is 25.5 Å². The third kappa shape index (κ3) is 3.15. The number of halogens is 2. The Balaban J connectivity index is 2.07. The molecule has 0 aliphatic rings. The van der Waals surface area contributed by atoms with Crippen LogP contribution < -0.4 is 5.32 Å². The zero-order chi connectivity index (χ0) is 14.0. The molecule has 0 saturated heterocycles. The third-order valence-electron chi connectivity index (χ3n) is 2.60. The largest absolute Gasteiger partial charge is 0.322 e. The van der Waals surface area contributed by atoms with Gasteiger partial charge in [-0.25, -0.2) is 8.78 Å². The second-order valence-corrected chi connectivity index (χ2v) is 4.26. The molecule has 1 N–H and O–H groups in total. The molecule has 1 aromatic carbocycles. The molecule has 0 unspecified atom stereocenters.